The Morgan fingerprint density at radius 2 is 1.69 bits per heavy atom. The van der Waals surface area contributed by atoms with Crippen molar-refractivity contribution in [3.63, 3.8) is 0 Å². The van der Waals surface area contributed by atoms with Crippen molar-refractivity contribution >= 4 is 0 Å². The van der Waals surface area contributed by atoms with Crippen LogP contribution in [0.15, 0.2) is 33.3 Å². The number of likely N-dealkylation sites (tertiary alicyclic amines) is 1. The lowest BCUT2D eigenvalue weighted by Crippen LogP contribution is -2.34. The highest BCUT2D eigenvalue weighted by Crippen LogP contribution is 2.23. The van der Waals surface area contributed by atoms with E-state index >= 15 is 0 Å². The molecule has 136 valence electrons. The molecule has 4 rings (SSSR count). The van der Waals surface area contributed by atoms with E-state index in [-0.39, 0.29) is 0 Å². The van der Waals surface area contributed by atoms with Crippen LogP contribution >= 0.6 is 0 Å². The molecule has 0 bridgehead atoms. The van der Waals surface area contributed by atoms with Gasteiger partial charge in [0.25, 0.3) is 5.89 Å². The van der Waals surface area contributed by atoms with E-state index < -0.39 is 0 Å². The van der Waals surface area contributed by atoms with E-state index in [1.54, 1.807) is 0 Å². The van der Waals surface area contributed by atoms with Crippen molar-refractivity contribution in [1.29, 1.82) is 0 Å². The molecule has 0 atom stereocenters. The average Bonchev–Trinajstić information content (AvgIpc) is 3.26. The molecule has 2 aromatic heterocycles. The average molecular weight is 353 g/mol. The number of benzene rings is 1. The molecule has 26 heavy (non-hydrogen) atoms. The topological polar surface area (TPSA) is 81.1 Å². The van der Waals surface area contributed by atoms with E-state index in [9.17, 15) is 0 Å². The molecule has 0 unspecified atom stereocenters. The molecule has 0 radical (unpaired) electrons. The fourth-order valence-corrected chi connectivity index (χ4v) is 3.36. The van der Waals surface area contributed by atoms with Gasteiger partial charge in [-0.25, -0.2) is 0 Å². The van der Waals surface area contributed by atoms with Crippen molar-refractivity contribution in [3.05, 3.63) is 47.4 Å². The molecule has 0 amide bonds. The molecule has 1 fully saturated rings. The Balaban J connectivity index is 1.30. The van der Waals surface area contributed by atoms with Crippen LogP contribution in [-0.4, -0.2) is 38.3 Å². The number of nitrogens with zero attached hydrogens (tertiary/aromatic N) is 5. The van der Waals surface area contributed by atoms with E-state index in [1.807, 2.05) is 19.1 Å². The summed E-state index contributed by atoms with van der Waals surface area (Å²) in [6.07, 6.45) is 3.14. The standard InChI is InChI=1S/C19H23N5O2/c1-13-3-5-16(6-4-13)19-21-18(23-26-19)12-24-9-7-15(8-10-24)11-17-20-14(2)25-22-17/h3-6,15H,7-12H2,1-2H3. The fourth-order valence-electron chi connectivity index (χ4n) is 3.36. The zero-order valence-electron chi connectivity index (χ0n) is 15.2. The van der Waals surface area contributed by atoms with Gasteiger partial charge in [-0.3, -0.25) is 4.90 Å². The lowest BCUT2D eigenvalue weighted by atomic mass is 9.93. The second kappa shape index (κ2) is 7.37. The van der Waals surface area contributed by atoms with Crippen LogP contribution in [0.5, 0.6) is 0 Å². The van der Waals surface area contributed by atoms with Crippen LogP contribution in [-0.2, 0) is 13.0 Å². The van der Waals surface area contributed by atoms with Crippen LogP contribution in [0, 0.1) is 19.8 Å². The molecule has 7 nitrogen and oxygen atoms in total. The van der Waals surface area contributed by atoms with Crippen molar-refractivity contribution in [2.45, 2.75) is 39.7 Å². The first-order chi connectivity index (χ1) is 12.7. The summed E-state index contributed by atoms with van der Waals surface area (Å²) >= 11 is 0. The van der Waals surface area contributed by atoms with Gasteiger partial charge in [0.1, 0.15) is 0 Å². The molecule has 0 aliphatic carbocycles. The minimum atomic E-state index is 0.586. The van der Waals surface area contributed by atoms with Gasteiger partial charge in [-0.05, 0) is 50.9 Å². The van der Waals surface area contributed by atoms with Crippen LogP contribution in [0.25, 0.3) is 11.5 Å². The van der Waals surface area contributed by atoms with E-state index in [1.165, 1.54) is 5.56 Å². The molecule has 1 aliphatic heterocycles. The maximum atomic E-state index is 5.42. The number of aromatic nitrogens is 4. The van der Waals surface area contributed by atoms with Gasteiger partial charge in [0, 0.05) is 18.9 Å². The first-order valence-corrected chi connectivity index (χ1v) is 9.07. The molecule has 1 saturated heterocycles. The lowest BCUT2D eigenvalue weighted by molar-refractivity contribution is 0.170. The van der Waals surface area contributed by atoms with Gasteiger partial charge in [0.05, 0.1) is 6.54 Å². The van der Waals surface area contributed by atoms with Gasteiger partial charge >= 0.3 is 0 Å². The highest BCUT2D eigenvalue weighted by molar-refractivity contribution is 5.53. The van der Waals surface area contributed by atoms with Gasteiger partial charge in [0.15, 0.2) is 11.6 Å². The maximum absolute atomic E-state index is 5.42. The van der Waals surface area contributed by atoms with Gasteiger partial charge in [-0.2, -0.15) is 9.97 Å². The number of rotatable bonds is 5. The summed E-state index contributed by atoms with van der Waals surface area (Å²) in [5.74, 6) is 3.40. The Bertz CT molecular complexity index is 847. The molecule has 1 aliphatic rings. The molecule has 0 spiro atoms. The fraction of sp³-hybridized carbons (Fsp3) is 0.474. The zero-order valence-corrected chi connectivity index (χ0v) is 15.2. The van der Waals surface area contributed by atoms with Crippen molar-refractivity contribution in [2.24, 2.45) is 5.92 Å². The van der Waals surface area contributed by atoms with Crippen LogP contribution in [0.4, 0.5) is 0 Å². The summed E-state index contributed by atoms with van der Waals surface area (Å²) in [7, 11) is 0. The molecular formula is C19H23N5O2. The van der Waals surface area contributed by atoms with Crippen LogP contribution in [0.1, 0.15) is 35.9 Å². The van der Waals surface area contributed by atoms with Gasteiger partial charge < -0.3 is 9.05 Å². The maximum Gasteiger partial charge on any atom is 0.257 e. The minimum Gasteiger partial charge on any atom is -0.340 e. The summed E-state index contributed by atoms with van der Waals surface area (Å²) in [4.78, 5) is 11.2. The van der Waals surface area contributed by atoms with Crippen molar-refractivity contribution in [2.75, 3.05) is 13.1 Å². The van der Waals surface area contributed by atoms with E-state index in [2.05, 4.69) is 44.2 Å². The highest BCUT2D eigenvalue weighted by atomic mass is 16.5. The van der Waals surface area contributed by atoms with Gasteiger partial charge in [0.2, 0.25) is 5.89 Å². The number of aryl methyl sites for hydroxylation is 2. The summed E-state index contributed by atoms with van der Waals surface area (Å²) in [5, 5.41) is 8.14. The van der Waals surface area contributed by atoms with Gasteiger partial charge in [-0.1, -0.05) is 28.0 Å². The number of hydrogen-bond donors (Lipinski definition) is 0. The molecule has 0 saturated carbocycles. The monoisotopic (exact) mass is 353 g/mol. The molecule has 3 aromatic rings. The minimum absolute atomic E-state index is 0.586. The second-order valence-corrected chi connectivity index (χ2v) is 7.04. The highest BCUT2D eigenvalue weighted by Gasteiger charge is 2.22. The van der Waals surface area contributed by atoms with E-state index in [4.69, 9.17) is 9.05 Å². The molecular weight excluding hydrogens is 330 g/mol. The Morgan fingerprint density at radius 1 is 0.962 bits per heavy atom. The van der Waals surface area contributed by atoms with Crippen molar-refractivity contribution in [3.8, 4) is 11.5 Å². The molecule has 1 aromatic carbocycles. The summed E-state index contributed by atoms with van der Waals surface area (Å²) in [6, 6.07) is 8.12. The third kappa shape index (κ3) is 3.99. The third-order valence-corrected chi connectivity index (χ3v) is 4.88. The van der Waals surface area contributed by atoms with E-state index in [0.29, 0.717) is 17.7 Å². The third-order valence-electron chi connectivity index (χ3n) is 4.88. The van der Waals surface area contributed by atoms with Crippen molar-refractivity contribution in [1.82, 2.24) is 25.2 Å². The van der Waals surface area contributed by atoms with Gasteiger partial charge in [-0.15, -0.1) is 0 Å². The number of piperidine rings is 1. The Morgan fingerprint density at radius 3 is 2.38 bits per heavy atom. The van der Waals surface area contributed by atoms with Crippen molar-refractivity contribution < 1.29 is 9.05 Å². The first-order valence-electron chi connectivity index (χ1n) is 9.07. The Kier molecular flexibility index (Phi) is 4.79. The smallest absolute Gasteiger partial charge is 0.257 e. The Hall–Kier alpha value is -2.54. The second-order valence-electron chi connectivity index (χ2n) is 7.04. The lowest BCUT2D eigenvalue weighted by Gasteiger charge is -2.30. The quantitative estimate of drug-likeness (QED) is 0.696. The van der Waals surface area contributed by atoms with Crippen LogP contribution in [0.2, 0.25) is 0 Å². The van der Waals surface area contributed by atoms with Crippen LogP contribution in [0.3, 0.4) is 0 Å². The number of hydrogen-bond acceptors (Lipinski definition) is 7. The predicted molar refractivity (Wildman–Crippen MR) is 95.2 cm³/mol. The Labute approximate surface area is 152 Å². The summed E-state index contributed by atoms with van der Waals surface area (Å²) in [6.45, 7) is 6.66. The summed E-state index contributed by atoms with van der Waals surface area (Å²) in [5.41, 5.74) is 2.18. The first kappa shape index (κ1) is 16.9. The SMILES string of the molecule is Cc1ccc(-c2nc(CN3CCC(Cc4noc(C)n4)CC3)no2)cc1. The largest absolute Gasteiger partial charge is 0.340 e. The van der Waals surface area contributed by atoms with E-state index in [0.717, 1.165) is 56.1 Å². The zero-order chi connectivity index (χ0) is 17.9. The predicted octanol–water partition coefficient (Wildman–Crippen LogP) is 3.19. The molecule has 7 heteroatoms. The molecule has 3 heterocycles. The molecule has 0 N–H and O–H groups in total. The summed E-state index contributed by atoms with van der Waals surface area (Å²) < 4.78 is 10.5. The normalized spacial score (nSPS) is 16.2. The van der Waals surface area contributed by atoms with Crippen LogP contribution < -0.4 is 0 Å².